The molecular formula is C51H53NO16. The molecule has 1 heterocycles. The van der Waals surface area contributed by atoms with Gasteiger partial charge in [-0.2, -0.15) is 0 Å². The van der Waals surface area contributed by atoms with Gasteiger partial charge in [-0.3, -0.25) is 24.0 Å². The molecule has 17 nitrogen and oxygen atoms in total. The molecular weight excluding hydrogens is 883 g/mol. The summed E-state index contributed by atoms with van der Waals surface area (Å²) in [5, 5.41) is 28.6. The zero-order valence-corrected chi connectivity index (χ0v) is 38.3. The number of aliphatic hydroxyl groups is 2. The molecule has 1 saturated heterocycles. The van der Waals surface area contributed by atoms with E-state index in [4.69, 9.17) is 28.4 Å². The molecule has 68 heavy (non-hydrogen) atoms. The number of carbonyl (C=O) groups is 8. The van der Waals surface area contributed by atoms with E-state index < -0.39 is 124 Å². The van der Waals surface area contributed by atoms with Crippen molar-refractivity contribution in [3.63, 3.8) is 0 Å². The van der Waals surface area contributed by atoms with Gasteiger partial charge in [-0.05, 0) is 68.7 Å². The van der Waals surface area contributed by atoms with E-state index in [-0.39, 0.29) is 47.5 Å². The first kappa shape index (κ1) is 47.9. The minimum Gasteiger partial charge on any atom is -0.455 e. The van der Waals surface area contributed by atoms with Crippen LogP contribution in [0.2, 0.25) is 0 Å². The first-order chi connectivity index (χ1) is 32.2. The molecule has 8 rings (SSSR count). The monoisotopic (exact) mass is 935 g/mol. The first-order valence-corrected chi connectivity index (χ1v) is 22.4. The van der Waals surface area contributed by atoms with Crippen molar-refractivity contribution in [1.82, 2.24) is 5.32 Å². The average molecular weight is 936 g/mol. The van der Waals surface area contributed by atoms with Crippen molar-refractivity contribution in [2.45, 2.75) is 121 Å². The summed E-state index contributed by atoms with van der Waals surface area (Å²) in [5.74, 6) is -8.31. The number of ether oxygens (including phenoxy) is 6. The van der Waals surface area contributed by atoms with Crippen LogP contribution in [0.1, 0.15) is 99.5 Å². The quantitative estimate of drug-likeness (QED) is 0.117. The van der Waals surface area contributed by atoms with Crippen molar-refractivity contribution in [3.05, 3.63) is 119 Å². The highest BCUT2D eigenvalue weighted by atomic mass is 16.6. The average Bonchev–Trinajstić information content (AvgIpc) is 3.31. The molecule has 3 aromatic carbocycles. The molecule has 5 aliphatic rings. The van der Waals surface area contributed by atoms with Crippen molar-refractivity contribution in [2.75, 3.05) is 6.61 Å². The fourth-order valence-electron chi connectivity index (χ4n) is 11.6. The van der Waals surface area contributed by atoms with Crippen LogP contribution in [0.3, 0.4) is 0 Å². The number of aliphatic hydroxyl groups excluding tert-OH is 1. The van der Waals surface area contributed by atoms with Gasteiger partial charge in [0.1, 0.15) is 35.2 Å². The Labute approximate surface area is 391 Å². The van der Waals surface area contributed by atoms with Crippen molar-refractivity contribution in [3.8, 4) is 0 Å². The number of hydrogen-bond acceptors (Lipinski definition) is 16. The third kappa shape index (κ3) is 7.33. The molecule has 0 spiro atoms. The Bertz CT molecular complexity index is 2600. The second-order valence-electron chi connectivity index (χ2n) is 18.8. The maximum Gasteiger partial charge on any atom is 0.350 e. The molecule has 0 aromatic heterocycles. The van der Waals surface area contributed by atoms with E-state index in [1.165, 1.54) is 39.8 Å². The van der Waals surface area contributed by atoms with E-state index in [0.29, 0.717) is 5.56 Å². The molecule has 358 valence electrons. The lowest BCUT2D eigenvalue weighted by molar-refractivity contribution is -0.376. The van der Waals surface area contributed by atoms with Crippen LogP contribution >= 0.6 is 0 Å². The van der Waals surface area contributed by atoms with Crippen LogP contribution in [0.25, 0.3) is 0 Å². The third-order valence-electron chi connectivity index (χ3n) is 15.0. The molecule has 2 unspecified atom stereocenters. The maximum atomic E-state index is 15.5. The summed E-state index contributed by atoms with van der Waals surface area (Å²) < 4.78 is 36.6. The van der Waals surface area contributed by atoms with Crippen LogP contribution in [0.15, 0.2) is 102 Å². The van der Waals surface area contributed by atoms with Crippen LogP contribution in [-0.2, 0) is 57.2 Å². The Balaban J connectivity index is 1.29. The summed E-state index contributed by atoms with van der Waals surface area (Å²) in [5.41, 5.74) is -9.45. The summed E-state index contributed by atoms with van der Waals surface area (Å²) >= 11 is 0. The van der Waals surface area contributed by atoms with E-state index in [1.54, 1.807) is 78.9 Å². The normalized spacial score (nSPS) is 32.7. The predicted octanol–water partition coefficient (Wildman–Crippen LogP) is 4.02. The zero-order chi connectivity index (χ0) is 49.1. The standard InChI is InChI=1S/C51H53NO16/c1-27(53)22-23-36(57)65-40(38(31-16-10-7-11-17-31)52-44(59)32-18-12-8-13-19-32)46(61)68-51-25-50(62)43(66-45(60)33-20-14-9-15-21-33)41-47(5,34(56)24-35-49(41,26-63-35)67-30(4)55)42(58)39(64-29(3)54)37(28(51)2)48(50,51)6/h7-21,34-35,38-41,43,56,62H,22-26H2,1-6H3,(H,52,59)/t34-,35?,38-,39+,40+,41?,43-,47+,48+,49-,50+,51+/m0/s1. The van der Waals surface area contributed by atoms with Gasteiger partial charge in [-0.1, -0.05) is 66.7 Å². The Kier molecular flexibility index (Phi) is 12.3. The number of esters is 5. The molecule has 4 fully saturated rings. The number of carbonyl (C=O) groups excluding carboxylic acids is 8. The summed E-state index contributed by atoms with van der Waals surface area (Å²) in [6.07, 6.45) is -9.72. The van der Waals surface area contributed by atoms with Gasteiger partial charge in [0.05, 0.1) is 41.4 Å². The molecule has 1 aliphatic heterocycles. The van der Waals surface area contributed by atoms with Crippen molar-refractivity contribution in [1.29, 1.82) is 0 Å². The van der Waals surface area contributed by atoms with E-state index in [0.717, 1.165) is 13.8 Å². The fraction of sp³-hybridized carbons (Fsp3) is 0.451. The second kappa shape index (κ2) is 17.5. The van der Waals surface area contributed by atoms with Crippen LogP contribution in [0.4, 0.5) is 0 Å². The molecule has 0 bridgehead atoms. The Morgan fingerprint density at radius 2 is 1.41 bits per heavy atom. The van der Waals surface area contributed by atoms with E-state index >= 15 is 9.59 Å². The zero-order valence-electron chi connectivity index (χ0n) is 38.3. The number of ketones is 2. The van der Waals surface area contributed by atoms with Gasteiger partial charge in [0.25, 0.3) is 5.91 Å². The summed E-state index contributed by atoms with van der Waals surface area (Å²) in [7, 11) is 0. The third-order valence-corrected chi connectivity index (χ3v) is 15.0. The van der Waals surface area contributed by atoms with Crippen molar-refractivity contribution in [2.24, 2.45) is 16.7 Å². The lowest BCUT2D eigenvalue weighted by Gasteiger charge is -2.78. The van der Waals surface area contributed by atoms with Crippen LogP contribution in [0.5, 0.6) is 0 Å². The highest BCUT2D eigenvalue weighted by Gasteiger charge is 2.90. The summed E-state index contributed by atoms with van der Waals surface area (Å²) in [6, 6.07) is 22.6. The van der Waals surface area contributed by atoms with Crippen molar-refractivity contribution >= 4 is 47.3 Å². The Hall–Kier alpha value is -6.56. The smallest absolute Gasteiger partial charge is 0.350 e. The molecule has 4 aliphatic carbocycles. The molecule has 1 amide bonds. The van der Waals surface area contributed by atoms with Gasteiger partial charge in [0, 0.05) is 38.7 Å². The molecule has 3 N–H and O–H groups in total. The van der Waals surface area contributed by atoms with Crippen LogP contribution in [0, 0.1) is 16.7 Å². The SMILES string of the molecule is CC(=O)CCC(=O)O[C@@H](C(=O)O[C@]12C[C@@]3(O)[C@@H](OC(=O)c4ccccc4)C4[C@]5(OC(C)=O)COC5C[C@H](O)[C@@]4(C)C(=O)[C@H](OC(C)=O)C(=C1C)[C@]32C)[C@@H](NC(=O)c1ccccc1)c1ccccc1. The van der Waals surface area contributed by atoms with Crippen molar-refractivity contribution < 1.29 is 77.0 Å². The Morgan fingerprint density at radius 1 is 0.809 bits per heavy atom. The number of benzene rings is 3. The molecule has 12 atom stereocenters. The van der Waals surface area contributed by atoms with E-state index in [9.17, 15) is 39.0 Å². The van der Waals surface area contributed by atoms with Gasteiger partial charge in [-0.25, -0.2) is 9.59 Å². The lowest BCUT2D eigenvalue weighted by Crippen LogP contribution is -2.90. The van der Waals surface area contributed by atoms with E-state index in [2.05, 4.69) is 5.32 Å². The topological polar surface area (TPSA) is 244 Å². The molecule has 17 heteroatoms. The number of nitrogens with one attached hydrogen (secondary N) is 1. The molecule has 3 saturated carbocycles. The summed E-state index contributed by atoms with van der Waals surface area (Å²) in [4.78, 5) is 111. The molecule has 0 radical (unpaired) electrons. The Morgan fingerprint density at radius 3 is 1.97 bits per heavy atom. The largest absolute Gasteiger partial charge is 0.455 e. The molecule has 3 aromatic rings. The fourth-order valence-corrected chi connectivity index (χ4v) is 11.6. The predicted molar refractivity (Wildman–Crippen MR) is 235 cm³/mol. The number of Topliss-reactive ketones (excluding diaryl/α,β-unsaturated/α-hetero) is 2. The minimum absolute atomic E-state index is 0.00704. The highest BCUT2D eigenvalue weighted by Crippen LogP contribution is 2.78. The van der Waals surface area contributed by atoms with E-state index in [1.807, 2.05) is 0 Å². The number of fused-ring (bicyclic) bond motifs is 3. The number of hydrogen-bond donors (Lipinski definition) is 3. The first-order valence-electron chi connectivity index (χ1n) is 22.4. The van der Waals surface area contributed by atoms with Gasteiger partial charge < -0.3 is 48.7 Å². The minimum atomic E-state index is -2.38. The van der Waals surface area contributed by atoms with Crippen LogP contribution < -0.4 is 5.32 Å². The summed E-state index contributed by atoms with van der Waals surface area (Å²) in [6.45, 7) is 7.49. The van der Waals surface area contributed by atoms with Crippen LogP contribution in [-0.4, -0.2) is 111 Å². The van der Waals surface area contributed by atoms with Gasteiger partial charge in [0.15, 0.2) is 17.5 Å². The van der Waals surface area contributed by atoms with Gasteiger partial charge in [0.2, 0.25) is 6.10 Å². The highest BCUT2D eigenvalue weighted by molar-refractivity contribution is 5.98. The van der Waals surface area contributed by atoms with Gasteiger partial charge >= 0.3 is 29.8 Å². The lowest BCUT2D eigenvalue weighted by atomic mass is 9.30. The maximum absolute atomic E-state index is 15.5. The van der Waals surface area contributed by atoms with Gasteiger partial charge in [-0.15, -0.1) is 0 Å². The second-order valence-corrected chi connectivity index (χ2v) is 18.8. The number of amides is 1. The number of rotatable bonds is 14.